The standard InChI is InChI=1S/C29H29N3O4S/c33-22-12-15-31-26(27(22)34)28(35)30-16-17-36-18-24(30)32(31)25-19-8-2-4-10-21(19)29(13-6-1-7-14-29)37-23-11-5-3-9-20(23)25/h2-5,8-12,15,24-25,34H,1,6-7,13-14,16-18H2. The van der Waals surface area contributed by atoms with Crippen LogP contribution in [0.3, 0.4) is 0 Å². The number of aromatic hydroxyl groups is 1. The number of hydrogen-bond donors (Lipinski definition) is 1. The molecule has 7 nitrogen and oxygen atoms in total. The van der Waals surface area contributed by atoms with Gasteiger partial charge >= 0.3 is 0 Å². The molecule has 3 aromatic rings. The SMILES string of the molecule is O=C1c2c(O)c(=O)ccn2N(C2c3ccccc3SC3(CCCCC3)c3ccccc32)C2COCCN12. The van der Waals surface area contributed by atoms with Gasteiger partial charge in [-0.15, -0.1) is 11.8 Å². The molecule has 0 bridgehead atoms. The Morgan fingerprint density at radius 3 is 2.54 bits per heavy atom. The normalized spacial score (nSPS) is 24.1. The number of nitrogens with zero attached hydrogens (tertiary/aromatic N) is 3. The van der Waals surface area contributed by atoms with Gasteiger partial charge in [0.05, 0.1) is 19.3 Å². The monoisotopic (exact) mass is 515 g/mol. The van der Waals surface area contributed by atoms with Crippen molar-refractivity contribution in [1.29, 1.82) is 0 Å². The molecule has 1 N–H and O–H groups in total. The van der Waals surface area contributed by atoms with Crippen molar-refractivity contribution in [2.45, 2.75) is 54.0 Å². The fraction of sp³-hybridized carbons (Fsp3) is 0.379. The summed E-state index contributed by atoms with van der Waals surface area (Å²) in [7, 11) is 0. The summed E-state index contributed by atoms with van der Waals surface area (Å²) in [6.07, 6.45) is 7.16. The Morgan fingerprint density at radius 2 is 1.70 bits per heavy atom. The van der Waals surface area contributed by atoms with Crippen LogP contribution in [-0.2, 0) is 9.48 Å². The maximum Gasteiger partial charge on any atom is 0.278 e. The number of fused-ring (bicyclic) bond motifs is 5. The first-order chi connectivity index (χ1) is 18.1. The maximum absolute atomic E-state index is 13.6. The van der Waals surface area contributed by atoms with Gasteiger partial charge in [-0.3, -0.25) is 19.3 Å². The third-order valence-corrected chi connectivity index (χ3v) is 9.98. The highest BCUT2D eigenvalue weighted by Gasteiger charge is 2.48. The lowest BCUT2D eigenvalue weighted by atomic mass is 9.79. The summed E-state index contributed by atoms with van der Waals surface area (Å²) in [5.41, 5.74) is 3.17. The van der Waals surface area contributed by atoms with Crippen molar-refractivity contribution in [2.24, 2.45) is 0 Å². The van der Waals surface area contributed by atoms with E-state index in [9.17, 15) is 14.7 Å². The summed E-state index contributed by atoms with van der Waals surface area (Å²) in [4.78, 5) is 29.0. The van der Waals surface area contributed by atoms with Crippen LogP contribution in [0.5, 0.6) is 5.75 Å². The van der Waals surface area contributed by atoms with Crippen LogP contribution in [0.4, 0.5) is 0 Å². The van der Waals surface area contributed by atoms with Gasteiger partial charge in [-0.25, -0.2) is 0 Å². The molecule has 1 saturated heterocycles. The molecule has 7 rings (SSSR count). The molecule has 8 heteroatoms. The number of pyridine rings is 1. The first kappa shape index (κ1) is 22.9. The number of thioether (sulfide) groups is 1. The van der Waals surface area contributed by atoms with Crippen LogP contribution >= 0.6 is 11.8 Å². The van der Waals surface area contributed by atoms with Gasteiger partial charge in [-0.05, 0) is 35.6 Å². The summed E-state index contributed by atoms with van der Waals surface area (Å²) >= 11 is 1.98. The topological polar surface area (TPSA) is 75.0 Å². The fourth-order valence-electron chi connectivity index (χ4n) is 6.69. The molecule has 190 valence electrons. The molecule has 4 aliphatic rings. The van der Waals surface area contributed by atoms with E-state index in [0.717, 1.165) is 18.4 Å². The molecule has 1 aromatic heterocycles. The second-order valence-corrected chi connectivity index (χ2v) is 11.8. The molecule has 1 saturated carbocycles. The average molecular weight is 516 g/mol. The Kier molecular flexibility index (Phi) is 5.37. The van der Waals surface area contributed by atoms with E-state index in [1.54, 1.807) is 15.8 Å². The van der Waals surface area contributed by atoms with Crippen LogP contribution in [0.1, 0.15) is 65.3 Å². The molecule has 37 heavy (non-hydrogen) atoms. The van der Waals surface area contributed by atoms with Crippen molar-refractivity contribution in [3.8, 4) is 5.75 Å². The zero-order valence-electron chi connectivity index (χ0n) is 20.5. The molecule has 2 unspecified atom stereocenters. The minimum Gasteiger partial charge on any atom is -0.502 e. The number of aromatic nitrogens is 1. The van der Waals surface area contributed by atoms with E-state index in [1.165, 1.54) is 41.4 Å². The average Bonchev–Trinajstić information content (AvgIpc) is 3.04. The molecule has 2 atom stereocenters. The van der Waals surface area contributed by atoms with E-state index >= 15 is 0 Å². The highest BCUT2D eigenvalue weighted by molar-refractivity contribution is 8.00. The molecule has 1 spiro atoms. The van der Waals surface area contributed by atoms with Gasteiger partial charge in [0.2, 0.25) is 5.43 Å². The van der Waals surface area contributed by atoms with Crippen molar-refractivity contribution in [3.63, 3.8) is 0 Å². The number of carbonyl (C=O) groups excluding carboxylic acids is 1. The fourth-order valence-corrected chi connectivity index (χ4v) is 8.35. The van der Waals surface area contributed by atoms with Crippen LogP contribution in [-0.4, -0.2) is 46.5 Å². The summed E-state index contributed by atoms with van der Waals surface area (Å²) < 4.78 is 7.61. The largest absolute Gasteiger partial charge is 0.502 e. The van der Waals surface area contributed by atoms with Gasteiger partial charge in [-0.2, -0.15) is 0 Å². The van der Waals surface area contributed by atoms with E-state index in [-0.39, 0.29) is 28.6 Å². The molecule has 3 aliphatic heterocycles. The van der Waals surface area contributed by atoms with E-state index in [2.05, 4.69) is 53.5 Å². The lowest BCUT2D eigenvalue weighted by Crippen LogP contribution is -2.66. The molecule has 4 heterocycles. The van der Waals surface area contributed by atoms with Crippen molar-refractivity contribution in [1.82, 2.24) is 9.58 Å². The lowest BCUT2D eigenvalue weighted by molar-refractivity contribution is -0.0197. The second kappa shape index (κ2) is 8.67. The number of hydrogen-bond acceptors (Lipinski definition) is 6. The van der Waals surface area contributed by atoms with Crippen molar-refractivity contribution < 1.29 is 14.6 Å². The lowest BCUT2D eigenvalue weighted by Gasteiger charge is -2.51. The zero-order valence-corrected chi connectivity index (χ0v) is 21.3. The van der Waals surface area contributed by atoms with E-state index in [1.807, 2.05) is 11.8 Å². The van der Waals surface area contributed by atoms with E-state index in [4.69, 9.17) is 4.74 Å². The first-order valence-corrected chi connectivity index (χ1v) is 13.9. The number of carbonyl (C=O) groups is 1. The number of rotatable bonds is 1. The third-order valence-electron chi connectivity index (χ3n) is 8.37. The van der Waals surface area contributed by atoms with Gasteiger partial charge in [0.1, 0.15) is 6.17 Å². The molecule has 0 radical (unpaired) electrons. The Morgan fingerprint density at radius 1 is 0.946 bits per heavy atom. The van der Waals surface area contributed by atoms with Crippen LogP contribution in [0.2, 0.25) is 0 Å². The summed E-state index contributed by atoms with van der Waals surface area (Å²) in [6.45, 7) is 1.17. The molecular weight excluding hydrogens is 486 g/mol. The smallest absolute Gasteiger partial charge is 0.278 e. The van der Waals surface area contributed by atoms with E-state index < -0.39 is 11.2 Å². The van der Waals surface area contributed by atoms with Crippen LogP contribution in [0, 0.1) is 0 Å². The summed E-state index contributed by atoms with van der Waals surface area (Å²) in [5.74, 6) is -0.844. The number of amides is 1. The minimum absolute atomic E-state index is 0.0113. The van der Waals surface area contributed by atoms with Crippen molar-refractivity contribution in [2.75, 3.05) is 24.8 Å². The quantitative estimate of drug-likeness (QED) is 0.519. The number of ether oxygens (including phenoxy) is 1. The highest BCUT2D eigenvalue weighted by atomic mass is 32.2. The predicted octanol–water partition coefficient (Wildman–Crippen LogP) is 4.36. The van der Waals surface area contributed by atoms with Gasteiger partial charge in [0.15, 0.2) is 11.4 Å². The van der Waals surface area contributed by atoms with Crippen molar-refractivity contribution in [3.05, 3.63) is 93.4 Å². The second-order valence-electron chi connectivity index (χ2n) is 10.3. The van der Waals surface area contributed by atoms with Gasteiger partial charge in [0.25, 0.3) is 5.91 Å². The Labute approximate surface area is 219 Å². The Hall–Kier alpha value is -3.23. The first-order valence-electron chi connectivity index (χ1n) is 13.1. The minimum atomic E-state index is -0.551. The number of morpholine rings is 1. The van der Waals surface area contributed by atoms with Crippen molar-refractivity contribution >= 4 is 17.7 Å². The summed E-state index contributed by atoms with van der Waals surface area (Å²) in [6, 6.07) is 18.4. The Balaban J connectivity index is 1.52. The molecule has 1 aliphatic carbocycles. The molecule has 1 amide bonds. The highest BCUT2D eigenvalue weighted by Crippen LogP contribution is 2.57. The summed E-state index contributed by atoms with van der Waals surface area (Å²) in [5, 5.41) is 13.0. The van der Waals surface area contributed by atoms with Gasteiger partial charge in [-0.1, -0.05) is 61.7 Å². The van der Waals surface area contributed by atoms with E-state index in [0.29, 0.717) is 19.8 Å². The molecular formula is C29H29N3O4S. The maximum atomic E-state index is 13.6. The van der Waals surface area contributed by atoms with Gasteiger partial charge < -0.3 is 14.7 Å². The predicted molar refractivity (Wildman–Crippen MR) is 142 cm³/mol. The zero-order chi connectivity index (χ0) is 25.1. The third kappa shape index (κ3) is 3.38. The number of benzene rings is 2. The van der Waals surface area contributed by atoms with Gasteiger partial charge in [0, 0.05) is 28.5 Å². The molecule has 2 fully saturated rings. The molecule has 2 aromatic carbocycles. The Bertz CT molecular complexity index is 1450. The van der Waals surface area contributed by atoms with Crippen LogP contribution < -0.4 is 10.4 Å². The van der Waals surface area contributed by atoms with Crippen LogP contribution in [0.15, 0.2) is 70.5 Å². The van der Waals surface area contributed by atoms with Crippen LogP contribution in [0.25, 0.3) is 0 Å².